The second kappa shape index (κ2) is 3.59. The Morgan fingerprint density at radius 3 is 2.20 bits per heavy atom. The lowest BCUT2D eigenvalue weighted by Crippen LogP contribution is -2.34. The van der Waals surface area contributed by atoms with Gasteiger partial charge in [-0.3, -0.25) is 0 Å². The van der Waals surface area contributed by atoms with Gasteiger partial charge in [-0.05, 0) is 38.1 Å². The zero-order valence-electron chi connectivity index (χ0n) is 6.31. The minimum atomic E-state index is 0. The average molecular weight is 162 g/mol. The third kappa shape index (κ3) is 1.46. The topological polar surface area (TPSA) is 12.0 Å². The molecule has 1 nitrogen and oxygen atoms in total. The van der Waals surface area contributed by atoms with Crippen LogP contribution in [0.2, 0.25) is 0 Å². The molecule has 2 aliphatic rings. The summed E-state index contributed by atoms with van der Waals surface area (Å²) in [6.45, 7) is 1.28. The minimum absolute atomic E-state index is 0. The van der Waals surface area contributed by atoms with Crippen LogP contribution in [0.1, 0.15) is 32.1 Å². The molecule has 2 heteroatoms. The van der Waals surface area contributed by atoms with E-state index in [1.54, 1.807) is 0 Å². The molecular weight excluding hydrogens is 146 g/mol. The second-order valence-electron chi connectivity index (χ2n) is 3.39. The van der Waals surface area contributed by atoms with Crippen LogP contribution in [0.4, 0.5) is 0 Å². The molecule has 1 atom stereocenters. The van der Waals surface area contributed by atoms with Crippen molar-refractivity contribution < 1.29 is 0 Å². The SMILES string of the molecule is C1CC(C2CCCN2)C1.Cl. The fourth-order valence-electron chi connectivity index (χ4n) is 1.96. The van der Waals surface area contributed by atoms with Gasteiger partial charge in [0.1, 0.15) is 0 Å². The van der Waals surface area contributed by atoms with E-state index in [2.05, 4.69) is 5.32 Å². The third-order valence-electron chi connectivity index (χ3n) is 2.82. The molecule has 1 aliphatic carbocycles. The highest BCUT2D eigenvalue weighted by Crippen LogP contribution is 2.32. The molecule has 0 spiro atoms. The highest BCUT2D eigenvalue weighted by atomic mass is 35.5. The van der Waals surface area contributed by atoms with Gasteiger partial charge in [0.25, 0.3) is 0 Å². The van der Waals surface area contributed by atoms with Gasteiger partial charge in [-0.1, -0.05) is 6.42 Å². The van der Waals surface area contributed by atoms with Gasteiger partial charge in [-0.2, -0.15) is 0 Å². The molecule has 1 saturated heterocycles. The van der Waals surface area contributed by atoms with Crippen molar-refractivity contribution in [2.75, 3.05) is 6.54 Å². The zero-order chi connectivity index (χ0) is 6.10. The van der Waals surface area contributed by atoms with Gasteiger partial charge in [-0.15, -0.1) is 12.4 Å². The number of hydrogen-bond acceptors (Lipinski definition) is 1. The lowest BCUT2D eigenvalue weighted by molar-refractivity contribution is 0.245. The van der Waals surface area contributed by atoms with Crippen molar-refractivity contribution in [3.8, 4) is 0 Å². The van der Waals surface area contributed by atoms with E-state index in [4.69, 9.17) is 0 Å². The van der Waals surface area contributed by atoms with Crippen LogP contribution in [-0.4, -0.2) is 12.6 Å². The van der Waals surface area contributed by atoms with Gasteiger partial charge in [0.15, 0.2) is 0 Å². The molecule has 1 saturated carbocycles. The summed E-state index contributed by atoms with van der Waals surface area (Å²) in [6.07, 6.45) is 7.35. The molecule has 0 amide bonds. The minimum Gasteiger partial charge on any atom is -0.314 e. The second-order valence-corrected chi connectivity index (χ2v) is 3.39. The lowest BCUT2D eigenvalue weighted by atomic mass is 9.79. The molecule has 60 valence electrons. The molecule has 1 unspecified atom stereocenters. The van der Waals surface area contributed by atoms with Crippen LogP contribution >= 0.6 is 12.4 Å². The summed E-state index contributed by atoms with van der Waals surface area (Å²) < 4.78 is 0. The van der Waals surface area contributed by atoms with E-state index in [1.807, 2.05) is 0 Å². The van der Waals surface area contributed by atoms with Crippen molar-refractivity contribution in [3.63, 3.8) is 0 Å². The molecule has 10 heavy (non-hydrogen) atoms. The first-order chi connectivity index (χ1) is 4.47. The smallest absolute Gasteiger partial charge is 0.00957 e. The van der Waals surface area contributed by atoms with E-state index >= 15 is 0 Å². The normalized spacial score (nSPS) is 33.0. The van der Waals surface area contributed by atoms with E-state index < -0.39 is 0 Å². The quantitative estimate of drug-likeness (QED) is 0.620. The largest absolute Gasteiger partial charge is 0.314 e. The van der Waals surface area contributed by atoms with Gasteiger partial charge in [0.2, 0.25) is 0 Å². The van der Waals surface area contributed by atoms with E-state index in [-0.39, 0.29) is 12.4 Å². The first kappa shape index (κ1) is 8.35. The Morgan fingerprint density at radius 1 is 1.00 bits per heavy atom. The van der Waals surface area contributed by atoms with Gasteiger partial charge in [-0.25, -0.2) is 0 Å². The molecule has 2 fully saturated rings. The maximum absolute atomic E-state index is 3.56. The fraction of sp³-hybridized carbons (Fsp3) is 1.00. The zero-order valence-corrected chi connectivity index (χ0v) is 7.12. The number of rotatable bonds is 1. The Labute approximate surface area is 69.0 Å². The van der Waals surface area contributed by atoms with Crippen LogP contribution in [0.3, 0.4) is 0 Å². The van der Waals surface area contributed by atoms with Gasteiger partial charge in [0, 0.05) is 6.04 Å². The first-order valence-electron chi connectivity index (χ1n) is 4.20. The molecule has 0 radical (unpaired) electrons. The van der Waals surface area contributed by atoms with E-state index in [9.17, 15) is 0 Å². The molecule has 1 heterocycles. The fourth-order valence-corrected chi connectivity index (χ4v) is 1.96. The molecule has 0 bridgehead atoms. The molecule has 1 N–H and O–H groups in total. The Morgan fingerprint density at radius 2 is 1.80 bits per heavy atom. The van der Waals surface area contributed by atoms with Crippen LogP contribution in [0.15, 0.2) is 0 Å². The van der Waals surface area contributed by atoms with Crippen LogP contribution in [-0.2, 0) is 0 Å². The summed E-state index contributed by atoms with van der Waals surface area (Å²) in [5.74, 6) is 1.06. The van der Waals surface area contributed by atoms with Crippen LogP contribution in [0, 0.1) is 5.92 Å². The summed E-state index contributed by atoms with van der Waals surface area (Å²) in [6, 6.07) is 0.916. The van der Waals surface area contributed by atoms with Crippen molar-refractivity contribution in [1.29, 1.82) is 0 Å². The molecule has 2 rings (SSSR count). The summed E-state index contributed by atoms with van der Waals surface area (Å²) in [5, 5.41) is 3.56. The molecule has 0 aromatic carbocycles. The van der Waals surface area contributed by atoms with Crippen molar-refractivity contribution in [3.05, 3.63) is 0 Å². The standard InChI is InChI=1S/C8H15N.ClH/c1-3-7(4-1)8-5-2-6-9-8;/h7-9H,1-6H2;1H. The Balaban J connectivity index is 0.000000500. The highest BCUT2D eigenvalue weighted by Gasteiger charge is 2.28. The van der Waals surface area contributed by atoms with Crippen LogP contribution in [0.25, 0.3) is 0 Å². The first-order valence-corrected chi connectivity index (χ1v) is 4.20. The molecular formula is C8H16ClN. The van der Waals surface area contributed by atoms with Gasteiger partial charge < -0.3 is 5.32 Å². The lowest BCUT2D eigenvalue weighted by Gasteiger charge is -2.31. The third-order valence-corrected chi connectivity index (χ3v) is 2.82. The van der Waals surface area contributed by atoms with E-state index in [0.29, 0.717) is 0 Å². The van der Waals surface area contributed by atoms with Gasteiger partial charge in [0.05, 0.1) is 0 Å². The predicted octanol–water partition coefficient (Wildman–Crippen LogP) is 1.96. The Hall–Kier alpha value is 0.250. The highest BCUT2D eigenvalue weighted by molar-refractivity contribution is 5.85. The number of nitrogens with one attached hydrogen (secondary N) is 1. The molecule has 1 aliphatic heterocycles. The Bertz CT molecular complexity index is 95.4. The summed E-state index contributed by atoms with van der Waals surface area (Å²) >= 11 is 0. The van der Waals surface area contributed by atoms with Gasteiger partial charge >= 0.3 is 0 Å². The number of hydrogen-bond donors (Lipinski definition) is 1. The summed E-state index contributed by atoms with van der Waals surface area (Å²) in [7, 11) is 0. The van der Waals surface area contributed by atoms with Crippen molar-refractivity contribution in [2.24, 2.45) is 5.92 Å². The summed E-state index contributed by atoms with van der Waals surface area (Å²) in [4.78, 5) is 0. The maximum Gasteiger partial charge on any atom is 0.00957 e. The van der Waals surface area contributed by atoms with Crippen LogP contribution < -0.4 is 5.32 Å². The van der Waals surface area contributed by atoms with Crippen LogP contribution in [0.5, 0.6) is 0 Å². The number of halogens is 1. The van der Waals surface area contributed by atoms with Crippen molar-refractivity contribution in [2.45, 2.75) is 38.1 Å². The van der Waals surface area contributed by atoms with E-state index in [0.717, 1.165) is 12.0 Å². The average Bonchev–Trinajstić information content (AvgIpc) is 2.11. The van der Waals surface area contributed by atoms with E-state index in [1.165, 1.54) is 38.6 Å². The Kier molecular flexibility index (Phi) is 2.99. The molecule has 0 aromatic heterocycles. The maximum atomic E-state index is 3.56. The van der Waals surface area contributed by atoms with Crippen molar-refractivity contribution in [1.82, 2.24) is 5.32 Å². The predicted molar refractivity (Wildman–Crippen MR) is 45.6 cm³/mol. The van der Waals surface area contributed by atoms with Crippen molar-refractivity contribution >= 4 is 12.4 Å². The molecule has 0 aromatic rings. The monoisotopic (exact) mass is 161 g/mol. The summed E-state index contributed by atoms with van der Waals surface area (Å²) in [5.41, 5.74) is 0.